The molecule has 0 saturated heterocycles. The van der Waals surface area contributed by atoms with Gasteiger partial charge in [-0.25, -0.2) is 0 Å². The molecule has 2 rings (SSSR count). The number of carbonyl (C=O) groups excluding carboxylic acids is 2. The molecule has 2 amide bonds. The fourth-order valence-corrected chi connectivity index (χ4v) is 2.16. The number of benzene rings is 2. The summed E-state index contributed by atoms with van der Waals surface area (Å²) in [5, 5.41) is 14.4. The minimum absolute atomic E-state index is 0.106. The van der Waals surface area contributed by atoms with Crippen LogP contribution in [0.1, 0.15) is 11.1 Å². The third kappa shape index (κ3) is 4.74. The van der Waals surface area contributed by atoms with Crippen molar-refractivity contribution in [3.05, 3.63) is 53.6 Å². The molecule has 0 fully saturated rings. The summed E-state index contributed by atoms with van der Waals surface area (Å²) in [5.41, 5.74) is 2.20. The van der Waals surface area contributed by atoms with Gasteiger partial charge >= 0.3 is 11.8 Å². The highest BCUT2D eigenvalue weighted by atomic mass is 16.5. The first kappa shape index (κ1) is 17.3. The number of nitrogens with one attached hydrogen (secondary N) is 2. The molecule has 2 aromatic rings. The molecule has 0 atom stereocenters. The Labute approximate surface area is 140 Å². The predicted octanol–water partition coefficient (Wildman–Crippen LogP) is 2.01. The molecule has 0 saturated carbocycles. The number of ether oxygens (including phenoxy) is 1. The Bertz CT molecular complexity index is 726. The van der Waals surface area contributed by atoms with Crippen LogP contribution in [0.25, 0.3) is 0 Å². The second-order valence-electron chi connectivity index (χ2n) is 5.31. The normalized spacial score (nSPS) is 10.1. The van der Waals surface area contributed by atoms with Crippen LogP contribution in [-0.4, -0.2) is 30.6 Å². The van der Waals surface area contributed by atoms with Crippen molar-refractivity contribution in [1.82, 2.24) is 5.32 Å². The van der Waals surface area contributed by atoms with Crippen molar-refractivity contribution in [2.45, 2.75) is 13.3 Å². The fourth-order valence-electron chi connectivity index (χ4n) is 2.16. The van der Waals surface area contributed by atoms with Gasteiger partial charge in [0, 0.05) is 12.2 Å². The number of methoxy groups -OCH3 is 1. The van der Waals surface area contributed by atoms with Crippen LogP contribution >= 0.6 is 0 Å². The molecule has 0 aromatic heterocycles. The van der Waals surface area contributed by atoms with E-state index in [0.717, 1.165) is 11.3 Å². The summed E-state index contributed by atoms with van der Waals surface area (Å²) in [6.45, 7) is 2.09. The van der Waals surface area contributed by atoms with Gasteiger partial charge in [0.2, 0.25) is 0 Å². The van der Waals surface area contributed by atoms with E-state index in [4.69, 9.17) is 4.74 Å². The van der Waals surface area contributed by atoms with Crippen LogP contribution in [0.15, 0.2) is 42.5 Å². The van der Waals surface area contributed by atoms with Gasteiger partial charge in [-0.1, -0.05) is 12.1 Å². The van der Waals surface area contributed by atoms with Crippen molar-refractivity contribution in [3.63, 3.8) is 0 Å². The summed E-state index contributed by atoms with van der Waals surface area (Å²) in [5.74, 6) is -0.560. The number of aromatic hydroxyl groups is 1. The van der Waals surface area contributed by atoms with Gasteiger partial charge in [0.1, 0.15) is 11.5 Å². The summed E-state index contributed by atoms with van der Waals surface area (Å²) in [4.78, 5) is 23.7. The highest BCUT2D eigenvalue weighted by molar-refractivity contribution is 6.39. The van der Waals surface area contributed by atoms with Gasteiger partial charge in [-0.05, 0) is 54.8 Å². The Morgan fingerprint density at radius 3 is 2.42 bits per heavy atom. The highest BCUT2D eigenvalue weighted by Gasteiger charge is 2.14. The maximum Gasteiger partial charge on any atom is 0.313 e. The number of anilines is 1. The molecule has 0 aliphatic carbocycles. The zero-order valence-corrected chi connectivity index (χ0v) is 13.6. The van der Waals surface area contributed by atoms with Crippen molar-refractivity contribution in [1.29, 1.82) is 0 Å². The van der Waals surface area contributed by atoms with Gasteiger partial charge < -0.3 is 20.5 Å². The molecule has 0 radical (unpaired) electrons. The molecule has 6 heteroatoms. The van der Waals surface area contributed by atoms with Crippen LogP contribution < -0.4 is 15.4 Å². The predicted molar refractivity (Wildman–Crippen MR) is 91.2 cm³/mol. The Kier molecular flexibility index (Phi) is 5.78. The topological polar surface area (TPSA) is 87.7 Å². The van der Waals surface area contributed by atoms with Gasteiger partial charge in [-0.3, -0.25) is 9.59 Å². The van der Waals surface area contributed by atoms with Crippen LogP contribution in [0, 0.1) is 6.92 Å². The van der Waals surface area contributed by atoms with Crippen molar-refractivity contribution >= 4 is 17.5 Å². The second kappa shape index (κ2) is 8.01. The van der Waals surface area contributed by atoms with E-state index < -0.39 is 11.8 Å². The van der Waals surface area contributed by atoms with Crippen molar-refractivity contribution < 1.29 is 19.4 Å². The molecule has 0 aliphatic rings. The lowest BCUT2D eigenvalue weighted by Crippen LogP contribution is -2.36. The number of amides is 2. The zero-order valence-electron chi connectivity index (χ0n) is 13.6. The van der Waals surface area contributed by atoms with E-state index in [-0.39, 0.29) is 5.75 Å². The van der Waals surface area contributed by atoms with Gasteiger partial charge in [-0.2, -0.15) is 0 Å². The first-order chi connectivity index (χ1) is 11.5. The summed E-state index contributed by atoms with van der Waals surface area (Å²) < 4.78 is 5.08. The van der Waals surface area contributed by atoms with E-state index in [2.05, 4.69) is 10.6 Å². The Morgan fingerprint density at radius 2 is 1.79 bits per heavy atom. The minimum atomic E-state index is -0.737. The van der Waals surface area contributed by atoms with E-state index in [1.165, 1.54) is 12.1 Å². The Balaban J connectivity index is 1.81. The van der Waals surface area contributed by atoms with Crippen LogP contribution in [0.2, 0.25) is 0 Å². The standard InChI is InChI=1S/C18H20N2O4/c1-12-11-14(21)5-8-16(12)20-18(23)17(22)19-10-9-13-3-6-15(24-2)7-4-13/h3-8,11,21H,9-10H2,1-2H3,(H,19,22)(H,20,23). The molecule has 6 nitrogen and oxygen atoms in total. The van der Waals surface area contributed by atoms with E-state index in [9.17, 15) is 14.7 Å². The van der Waals surface area contributed by atoms with Gasteiger partial charge in [0.25, 0.3) is 0 Å². The monoisotopic (exact) mass is 328 g/mol. The zero-order chi connectivity index (χ0) is 17.5. The maximum absolute atomic E-state index is 11.9. The summed E-state index contributed by atoms with van der Waals surface area (Å²) in [6, 6.07) is 12.0. The van der Waals surface area contributed by atoms with Gasteiger partial charge in [0.05, 0.1) is 7.11 Å². The molecule has 126 valence electrons. The molecular weight excluding hydrogens is 308 g/mol. The lowest BCUT2D eigenvalue weighted by atomic mass is 10.1. The third-order valence-corrected chi connectivity index (χ3v) is 3.52. The minimum Gasteiger partial charge on any atom is -0.508 e. The third-order valence-electron chi connectivity index (χ3n) is 3.52. The van der Waals surface area contributed by atoms with Crippen LogP contribution in [0.3, 0.4) is 0 Å². The van der Waals surface area contributed by atoms with E-state index in [1.54, 1.807) is 20.1 Å². The molecule has 0 heterocycles. The SMILES string of the molecule is COc1ccc(CCNC(=O)C(=O)Nc2ccc(O)cc2C)cc1. The van der Waals surface area contributed by atoms with Crippen molar-refractivity contribution in [2.75, 3.05) is 19.0 Å². The van der Waals surface area contributed by atoms with E-state index in [1.807, 2.05) is 24.3 Å². The average Bonchev–Trinajstić information content (AvgIpc) is 2.57. The first-order valence-electron chi connectivity index (χ1n) is 7.51. The summed E-state index contributed by atoms with van der Waals surface area (Å²) >= 11 is 0. The molecule has 24 heavy (non-hydrogen) atoms. The maximum atomic E-state index is 11.9. The second-order valence-corrected chi connectivity index (χ2v) is 5.31. The molecular formula is C18H20N2O4. The molecule has 0 aliphatic heterocycles. The lowest BCUT2D eigenvalue weighted by molar-refractivity contribution is -0.136. The molecule has 0 spiro atoms. The van der Waals surface area contributed by atoms with Gasteiger partial charge in [0.15, 0.2) is 0 Å². The van der Waals surface area contributed by atoms with Crippen LogP contribution in [0.5, 0.6) is 11.5 Å². The highest BCUT2D eigenvalue weighted by Crippen LogP contribution is 2.19. The number of phenolic OH excluding ortho intramolecular Hbond substituents is 1. The van der Waals surface area contributed by atoms with Crippen molar-refractivity contribution in [2.24, 2.45) is 0 Å². The Hall–Kier alpha value is -3.02. The largest absolute Gasteiger partial charge is 0.508 e. The first-order valence-corrected chi connectivity index (χ1v) is 7.51. The lowest BCUT2D eigenvalue weighted by Gasteiger charge is -2.09. The molecule has 0 bridgehead atoms. The van der Waals surface area contributed by atoms with E-state index in [0.29, 0.717) is 24.2 Å². The van der Waals surface area contributed by atoms with E-state index >= 15 is 0 Å². The van der Waals surface area contributed by atoms with Crippen LogP contribution in [-0.2, 0) is 16.0 Å². The quantitative estimate of drug-likeness (QED) is 0.579. The smallest absolute Gasteiger partial charge is 0.313 e. The van der Waals surface area contributed by atoms with Crippen LogP contribution in [0.4, 0.5) is 5.69 Å². The summed E-state index contributed by atoms with van der Waals surface area (Å²) in [7, 11) is 1.60. The summed E-state index contributed by atoms with van der Waals surface area (Å²) in [6.07, 6.45) is 0.612. The Morgan fingerprint density at radius 1 is 1.08 bits per heavy atom. The number of hydrogen-bond donors (Lipinski definition) is 3. The number of aryl methyl sites for hydroxylation is 1. The average molecular weight is 328 g/mol. The molecule has 2 aromatic carbocycles. The molecule has 0 unspecified atom stereocenters. The number of hydrogen-bond acceptors (Lipinski definition) is 4. The number of carbonyl (C=O) groups is 2. The fraction of sp³-hybridized carbons (Fsp3) is 0.222. The molecule has 3 N–H and O–H groups in total. The van der Waals surface area contributed by atoms with Gasteiger partial charge in [-0.15, -0.1) is 0 Å². The number of rotatable bonds is 5. The van der Waals surface area contributed by atoms with Crippen molar-refractivity contribution in [3.8, 4) is 11.5 Å². The number of phenols is 1.